The van der Waals surface area contributed by atoms with Gasteiger partial charge in [0, 0.05) is 16.7 Å². The largest absolute Gasteiger partial charge is 0.488 e. The van der Waals surface area contributed by atoms with Gasteiger partial charge in [0.2, 0.25) is 0 Å². The van der Waals surface area contributed by atoms with Crippen LogP contribution in [0.4, 0.5) is 0 Å². The van der Waals surface area contributed by atoms with Crippen LogP contribution in [0.25, 0.3) is 17.2 Å². The molecule has 0 unspecified atom stereocenters. The summed E-state index contributed by atoms with van der Waals surface area (Å²) in [5.74, 6) is 0.592. The Morgan fingerprint density at radius 2 is 1.59 bits per heavy atom. The number of carbonyl (C=O) groups excluding carboxylic acids is 1. The Balaban J connectivity index is 2.32. The third kappa shape index (κ3) is 5.56. The Hall–Kier alpha value is -3.40. The lowest BCUT2D eigenvalue weighted by Gasteiger charge is -2.24. The number of allylic oxidation sites excluding steroid dienone is 1. The van der Waals surface area contributed by atoms with Crippen molar-refractivity contribution < 1.29 is 14.3 Å². The second kappa shape index (κ2) is 11.6. The van der Waals surface area contributed by atoms with Gasteiger partial charge in [-0.2, -0.15) is 0 Å². The van der Waals surface area contributed by atoms with Crippen LogP contribution in [0.5, 0.6) is 5.75 Å². The predicted octanol–water partition coefficient (Wildman–Crippen LogP) is 7.78. The van der Waals surface area contributed by atoms with Gasteiger partial charge < -0.3 is 9.47 Å². The summed E-state index contributed by atoms with van der Waals surface area (Å²) in [4.78, 5) is 18.4. The van der Waals surface area contributed by atoms with E-state index in [1.165, 1.54) is 0 Å². The summed E-state index contributed by atoms with van der Waals surface area (Å²) in [6.45, 7) is 12.9. The highest BCUT2D eigenvalue weighted by molar-refractivity contribution is 6.02. The third-order valence-electron chi connectivity index (χ3n) is 5.59. The molecule has 0 saturated carbocycles. The van der Waals surface area contributed by atoms with Gasteiger partial charge in [-0.05, 0) is 37.3 Å². The SMILES string of the molecule is C/C=C\c1c(C(C)C)nc(C(C)C)c(C(=O)OCC)c1-c1ccccc1OCc1ccccc1. The van der Waals surface area contributed by atoms with Crippen molar-refractivity contribution in [1.29, 1.82) is 0 Å². The maximum atomic E-state index is 13.4. The maximum Gasteiger partial charge on any atom is 0.340 e. The molecule has 1 aromatic heterocycles. The fraction of sp³-hybridized carbons (Fsp3) is 0.333. The maximum absolute atomic E-state index is 13.4. The molecule has 3 rings (SSSR count). The molecule has 3 aromatic rings. The number of hydrogen-bond donors (Lipinski definition) is 0. The Bertz CT molecular complexity index is 1150. The number of nitrogens with zero attached hydrogens (tertiary/aromatic N) is 1. The summed E-state index contributed by atoms with van der Waals surface area (Å²) in [7, 11) is 0. The molecule has 0 aliphatic heterocycles. The monoisotopic (exact) mass is 457 g/mol. The highest BCUT2D eigenvalue weighted by Crippen LogP contribution is 2.41. The topological polar surface area (TPSA) is 48.4 Å². The second-order valence-electron chi connectivity index (χ2n) is 8.85. The first-order chi connectivity index (χ1) is 16.4. The van der Waals surface area contributed by atoms with Crippen LogP contribution in [0.3, 0.4) is 0 Å². The van der Waals surface area contributed by atoms with E-state index in [1.54, 1.807) is 0 Å². The van der Waals surface area contributed by atoms with E-state index in [2.05, 4.69) is 27.7 Å². The van der Waals surface area contributed by atoms with E-state index in [1.807, 2.05) is 80.6 Å². The minimum absolute atomic E-state index is 0.0488. The third-order valence-corrected chi connectivity index (χ3v) is 5.59. The quantitative estimate of drug-likeness (QED) is 0.308. The second-order valence-corrected chi connectivity index (χ2v) is 8.85. The summed E-state index contributed by atoms with van der Waals surface area (Å²) >= 11 is 0. The molecule has 0 N–H and O–H groups in total. The van der Waals surface area contributed by atoms with Gasteiger partial charge in [0.1, 0.15) is 12.4 Å². The van der Waals surface area contributed by atoms with Crippen molar-refractivity contribution in [1.82, 2.24) is 4.98 Å². The number of ether oxygens (including phenoxy) is 2. The zero-order valence-corrected chi connectivity index (χ0v) is 21.1. The van der Waals surface area contributed by atoms with Crippen LogP contribution in [0.15, 0.2) is 60.7 Å². The van der Waals surface area contributed by atoms with Crippen molar-refractivity contribution in [3.8, 4) is 16.9 Å². The molecule has 2 aromatic carbocycles. The van der Waals surface area contributed by atoms with Crippen LogP contribution < -0.4 is 4.74 Å². The first-order valence-corrected chi connectivity index (χ1v) is 12.0. The molecule has 0 fully saturated rings. The zero-order chi connectivity index (χ0) is 24.7. The van der Waals surface area contributed by atoms with E-state index in [4.69, 9.17) is 14.5 Å². The normalized spacial score (nSPS) is 11.4. The Morgan fingerprint density at radius 1 is 0.941 bits per heavy atom. The molecule has 178 valence electrons. The molecule has 0 radical (unpaired) electrons. The molecule has 0 atom stereocenters. The van der Waals surface area contributed by atoms with Crippen molar-refractivity contribution in [2.75, 3.05) is 6.61 Å². The number of pyridine rings is 1. The average Bonchev–Trinajstić information content (AvgIpc) is 2.83. The van der Waals surface area contributed by atoms with Gasteiger partial charge in [-0.15, -0.1) is 0 Å². The minimum atomic E-state index is -0.354. The number of hydrogen-bond acceptors (Lipinski definition) is 4. The van der Waals surface area contributed by atoms with Crippen LogP contribution in [0, 0.1) is 0 Å². The molecular formula is C30H35NO3. The van der Waals surface area contributed by atoms with Gasteiger partial charge in [-0.1, -0.05) is 88.4 Å². The number of aromatic nitrogens is 1. The van der Waals surface area contributed by atoms with Crippen LogP contribution >= 0.6 is 0 Å². The van der Waals surface area contributed by atoms with E-state index in [0.29, 0.717) is 18.8 Å². The highest BCUT2D eigenvalue weighted by Gasteiger charge is 2.29. The molecule has 1 heterocycles. The standard InChI is InChI=1S/C30H35NO3/c1-7-14-24-26(23-17-12-13-18-25(23)34-19-22-15-10-9-11-16-22)27(30(32)33-8-2)29(21(5)6)31-28(24)20(3)4/h7,9-18,20-21H,8,19H2,1-6H3/b14-7-. The van der Waals surface area contributed by atoms with Gasteiger partial charge in [0.15, 0.2) is 0 Å². The lowest BCUT2D eigenvalue weighted by atomic mass is 9.86. The van der Waals surface area contributed by atoms with Gasteiger partial charge in [-0.25, -0.2) is 4.79 Å². The fourth-order valence-electron chi connectivity index (χ4n) is 4.05. The Morgan fingerprint density at radius 3 is 2.21 bits per heavy atom. The van der Waals surface area contributed by atoms with Crippen molar-refractivity contribution in [3.05, 3.63) is 88.8 Å². The summed E-state index contributed by atoms with van der Waals surface area (Å²) in [5, 5.41) is 0. The van der Waals surface area contributed by atoms with Crippen molar-refractivity contribution in [2.45, 2.75) is 60.0 Å². The number of esters is 1. The van der Waals surface area contributed by atoms with Crippen LogP contribution in [0.2, 0.25) is 0 Å². The summed E-state index contributed by atoms with van der Waals surface area (Å²) < 4.78 is 11.8. The molecule has 0 aliphatic carbocycles. The molecule has 0 saturated heterocycles. The molecule has 4 nitrogen and oxygen atoms in total. The van der Waals surface area contributed by atoms with Crippen LogP contribution in [-0.2, 0) is 11.3 Å². The van der Waals surface area contributed by atoms with Crippen molar-refractivity contribution in [3.63, 3.8) is 0 Å². The van der Waals surface area contributed by atoms with Crippen LogP contribution in [0.1, 0.15) is 86.3 Å². The Labute approximate surface area is 203 Å². The Kier molecular flexibility index (Phi) is 8.64. The molecule has 0 spiro atoms. The van der Waals surface area contributed by atoms with Gasteiger partial charge >= 0.3 is 5.97 Å². The number of carbonyl (C=O) groups is 1. The molecule has 0 amide bonds. The number of para-hydroxylation sites is 1. The molecule has 4 heteroatoms. The average molecular weight is 458 g/mol. The highest BCUT2D eigenvalue weighted by atomic mass is 16.5. The van der Waals surface area contributed by atoms with Gasteiger partial charge in [0.05, 0.1) is 23.6 Å². The van der Waals surface area contributed by atoms with Crippen LogP contribution in [-0.4, -0.2) is 17.6 Å². The summed E-state index contributed by atoms with van der Waals surface area (Å²) in [6, 6.07) is 18.0. The van der Waals surface area contributed by atoms with E-state index in [0.717, 1.165) is 39.4 Å². The number of benzene rings is 2. The lowest BCUT2D eigenvalue weighted by molar-refractivity contribution is 0.0525. The predicted molar refractivity (Wildman–Crippen MR) is 139 cm³/mol. The van der Waals surface area contributed by atoms with E-state index >= 15 is 0 Å². The van der Waals surface area contributed by atoms with Gasteiger partial charge in [0.25, 0.3) is 0 Å². The number of rotatable bonds is 9. The van der Waals surface area contributed by atoms with E-state index in [-0.39, 0.29) is 17.8 Å². The molecule has 34 heavy (non-hydrogen) atoms. The smallest absolute Gasteiger partial charge is 0.340 e. The summed E-state index contributed by atoms with van der Waals surface area (Å²) in [6.07, 6.45) is 4.03. The molecular weight excluding hydrogens is 422 g/mol. The van der Waals surface area contributed by atoms with Crippen molar-refractivity contribution >= 4 is 12.0 Å². The first kappa shape index (κ1) is 25.2. The minimum Gasteiger partial charge on any atom is -0.488 e. The summed E-state index contributed by atoms with van der Waals surface area (Å²) in [5.41, 5.74) is 5.93. The van der Waals surface area contributed by atoms with E-state index < -0.39 is 0 Å². The van der Waals surface area contributed by atoms with E-state index in [9.17, 15) is 4.79 Å². The lowest BCUT2D eigenvalue weighted by Crippen LogP contribution is -2.17. The molecule has 0 bridgehead atoms. The molecule has 0 aliphatic rings. The first-order valence-electron chi connectivity index (χ1n) is 12.0. The van der Waals surface area contributed by atoms with Gasteiger partial charge in [-0.3, -0.25) is 4.98 Å². The van der Waals surface area contributed by atoms with Crippen molar-refractivity contribution in [2.24, 2.45) is 0 Å². The fourth-order valence-corrected chi connectivity index (χ4v) is 4.05. The zero-order valence-electron chi connectivity index (χ0n) is 21.1.